The molecule has 6 nitrogen and oxygen atoms in total. The van der Waals surface area contributed by atoms with E-state index in [9.17, 15) is 8.76 Å². The first-order valence-corrected chi connectivity index (χ1v) is 8.32. The number of fused-ring (bicyclic) bond motifs is 1. The Morgan fingerprint density at radius 1 is 1.00 bits per heavy atom. The van der Waals surface area contributed by atoms with Crippen molar-refractivity contribution >= 4 is 29.1 Å². The minimum Gasteiger partial charge on any atom is -0.754 e. The first kappa shape index (κ1) is 16.5. The van der Waals surface area contributed by atoms with Gasteiger partial charge in [-0.3, -0.25) is 4.21 Å². The molecule has 0 radical (unpaired) electrons. The lowest BCUT2D eigenvalue weighted by Gasteiger charge is -2.31. The third-order valence-electron chi connectivity index (χ3n) is 3.48. The molecule has 2 aromatic rings. The standard InChI is InChI=1S/C17H18N2O4S/c1-18(2)19(24(20)21)15-8-5-13(6-9-15)3-4-14-7-10-16-17(11-14)23-12-22-16/h3-11H,12H2,1-2H3,(H,20,21)/p-1/b4-3+. The molecule has 1 atom stereocenters. The zero-order chi connectivity index (χ0) is 17.1. The molecule has 0 saturated carbocycles. The molecule has 3 rings (SSSR count). The lowest BCUT2D eigenvalue weighted by atomic mass is 10.1. The van der Waals surface area contributed by atoms with Gasteiger partial charge < -0.3 is 14.0 Å². The van der Waals surface area contributed by atoms with E-state index in [1.807, 2.05) is 42.5 Å². The van der Waals surface area contributed by atoms with Gasteiger partial charge in [-0.05, 0) is 35.4 Å². The van der Waals surface area contributed by atoms with Crippen molar-refractivity contribution in [1.82, 2.24) is 5.01 Å². The maximum absolute atomic E-state index is 11.3. The molecule has 0 aliphatic carbocycles. The second kappa shape index (κ2) is 7.04. The Morgan fingerprint density at radius 3 is 2.29 bits per heavy atom. The second-order valence-electron chi connectivity index (χ2n) is 5.37. The molecule has 1 heterocycles. The van der Waals surface area contributed by atoms with Gasteiger partial charge in [0.2, 0.25) is 6.79 Å². The quantitative estimate of drug-likeness (QED) is 0.473. The van der Waals surface area contributed by atoms with Crippen LogP contribution in [0.15, 0.2) is 42.5 Å². The zero-order valence-corrected chi connectivity index (χ0v) is 14.2. The molecule has 0 amide bonds. The van der Waals surface area contributed by atoms with Crippen molar-refractivity contribution in [3.63, 3.8) is 0 Å². The molecule has 126 valence electrons. The normalized spacial score (nSPS) is 14.3. The molecule has 0 saturated heterocycles. The Labute approximate surface area is 143 Å². The highest BCUT2D eigenvalue weighted by Gasteiger charge is 2.12. The topological polar surface area (TPSA) is 65.1 Å². The number of benzene rings is 2. The molecule has 1 unspecified atom stereocenters. The molecule has 0 bridgehead atoms. The molecule has 7 heteroatoms. The number of hydrogen-bond donors (Lipinski definition) is 0. The van der Waals surface area contributed by atoms with Gasteiger partial charge in [0.05, 0.1) is 17.0 Å². The number of ether oxygens (including phenoxy) is 2. The van der Waals surface area contributed by atoms with Crippen molar-refractivity contribution in [3.05, 3.63) is 53.6 Å². The largest absolute Gasteiger partial charge is 0.754 e. The SMILES string of the molecule is CN(C)N(c1ccc(/C=C/c2ccc3c(c2)OCO3)cc1)S(=O)[O-]. The molecule has 0 spiro atoms. The van der Waals surface area contributed by atoms with Crippen molar-refractivity contribution in [2.75, 3.05) is 25.3 Å². The monoisotopic (exact) mass is 345 g/mol. The summed E-state index contributed by atoms with van der Waals surface area (Å²) in [4.78, 5) is 0. The van der Waals surface area contributed by atoms with Crippen LogP contribution in [0.25, 0.3) is 12.2 Å². The van der Waals surface area contributed by atoms with E-state index < -0.39 is 11.3 Å². The van der Waals surface area contributed by atoms with E-state index in [2.05, 4.69) is 0 Å². The van der Waals surface area contributed by atoms with Crippen LogP contribution in [0.3, 0.4) is 0 Å². The van der Waals surface area contributed by atoms with Crippen LogP contribution in [0.1, 0.15) is 11.1 Å². The summed E-state index contributed by atoms with van der Waals surface area (Å²) >= 11 is -2.36. The summed E-state index contributed by atoms with van der Waals surface area (Å²) < 4.78 is 34.4. The van der Waals surface area contributed by atoms with Crippen molar-refractivity contribution in [2.24, 2.45) is 0 Å². The van der Waals surface area contributed by atoms with E-state index >= 15 is 0 Å². The van der Waals surface area contributed by atoms with Crippen molar-refractivity contribution in [1.29, 1.82) is 0 Å². The number of hydrazine groups is 1. The first-order valence-electron chi connectivity index (χ1n) is 7.29. The van der Waals surface area contributed by atoms with E-state index in [-0.39, 0.29) is 6.79 Å². The lowest BCUT2D eigenvalue weighted by molar-refractivity contribution is 0.174. The Hall–Kier alpha value is -2.35. The summed E-state index contributed by atoms with van der Waals surface area (Å²) in [6.07, 6.45) is 3.92. The fourth-order valence-electron chi connectivity index (χ4n) is 2.37. The van der Waals surface area contributed by atoms with Crippen molar-refractivity contribution in [2.45, 2.75) is 0 Å². The Bertz CT molecular complexity index is 775. The van der Waals surface area contributed by atoms with Crippen LogP contribution in [-0.4, -0.2) is 34.7 Å². The Kier molecular flexibility index (Phi) is 4.84. The fourth-order valence-corrected chi connectivity index (χ4v) is 2.93. The summed E-state index contributed by atoms with van der Waals surface area (Å²) in [5.74, 6) is 1.50. The number of rotatable bonds is 5. The molecule has 1 aliphatic heterocycles. The van der Waals surface area contributed by atoms with Gasteiger partial charge in [0, 0.05) is 14.1 Å². The van der Waals surface area contributed by atoms with Crippen LogP contribution in [0.2, 0.25) is 0 Å². The summed E-state index contributed by atoms with van der Waals surface area (Å²) in [7, 11) is 3.34. The smallest absolute Gasteiger partial charge is 0.231 e. The second-order valence-corrected chi connectivity index (χ2v) is 6.15. The molecule has 0 fully saturated rings. The molecule has 0 aromatic heterocycles. The number of anilines is 1. The highest BCUT2D eigenvalue weighted by molar-refractivity contribution is 7.80. The van der Waals surface area contributed by atoms with Gasteiger partial charge in [-0.2, -0.15) is 0 Å². The highest BCUT2D eigenvalue weighted by Crippen LogP contribution is 2.33. The summed E-state index contributed by atoms with van der Waals surface area (Å²) in [5, 5.41) is 1.50. The summed E-state index contributed by atoms with van der Waals surface area (Å²) in [5.41, 5.74) is 2.54. The predicted molar refractivity (Wildman–Crippen MR) is 93.0 cm³/mol. The Balaban J connectivity index is 1.75. The van der Waals surface area contributed by atoms with E-state index in [1.165, 1.54) is 9.42 Å². The van der Waals surface area contributed by atoms with E-state index in [0.29, 0.717) is 5.69 Å². The average molecular weight is 345 g/mol. The van der Waals surface area contributed by atoms with Crippen molar-refractivity contribution in [3.8, 4) is 11.5 Å². The van der Waals surface area contributed by atoms with Gasteiger partial charge in [0.1, 0.15) is 0 Å². The van der Waals surface area contributed by atoms with Crippen LogP contribution in [0.5, 0.6) is 11.5 Å². The molecular formula is C17H17N2O4S-. The minimum absolute atomic E-state index is 0.257. The highest BCUT2D eigenvalue weighted by atomic mass is 32.2. The van der Waals surface area contributed by atoms with E-state index in [0.717, 1.165) is 22.6 Å². The number of hydrogen-bond acceptors (Lipinski definition) is 5. The summed E-state index contributed by atoms with van der Waals surface area (Å²) in [6, 6.07) is 13.0. The molecular weight excluding hydrogens is 328 g/mol. The van der Waals surface area contributed by atoms with Gasteiger partial charge in [-0.1, -0.05) is 30.4 Å². The van der Waals surface area contributed by atoms with Gasteiger partial charge in [0.25, 0.3) is 0 Å². The number of nitrogens with zero attached hydrogens (tertiary/aromatic N) is 2. The van der Waals surface area contributed by atoms with Crippen LogP contribution >= 0.6 is 0 Å². The molecule has 0 N–H and O–H groups in total. The van der Waals surface area contributed by atoms with Gasteiger partial charge in [0.15, 0.2) is 11.5 Å². The van der Waals surface area contributed by atoms with Crippen LogP contribution < -0.4 is 13.9 Å². The lowest BCUT2D eigenvalue weighted by Crippen LogP contribution is -2.38. The maximum atomic E-state index is 11.3. The third kappa shape index (κ3) is 3.59. The van der Waals surface area contributed by atoms with Crippen LogP contribution in [0, 0.1) is 0 Å². The summed E-state index contributed by atoms with van der Waals surface area (Å²) in [6.45, 7) is 0.257. The predicted octanol–water partition coefficient (Wildman–Crippen LogP) is 2.66. The third-order valence-corrected chi connectivity index (χ3v) is 4.30. The first-order chi connectivity index (χ1) is 11.5. The van der Waals surface area contributed by atoms with E-state index in [1.54, 1.807) is 26.2 Å². The van der Waals surface area contributed by atoms with Crippen molar-refractivity contribution < 1.29 is 18.2 Å². The van der Waals surface area contributed by atoms with Gasteiger partial charge >= 0.3 is 0 Å². The zero-order valence-electron chi connectivity index (χ0n) is 13.3. The van der Waals surface area contributed by atoms with E-state index in [4.69, 9.17) is 9.47 Å². The maximum Gasteiger partial charge on any atom is 0.231 e. The van der Waals surface area contributed by atoms with Crippen LogP contribution in [0.4, 0.5) is 5.69 Å². The van der Waals surface area contributed by atoms with Gasteiger partial charge in [-0.15, -0.1) is 0 Å². The van der Waals surface area contributed by atoms with Crippen LogP contribution in [-0.2, 0) is 11.3 Å². The Morgan fingerprint density at radius 2 is 1.62 bits per heavy atom. The van der Waals surface area contributed by atoms with Gasteiger partial charge in [-0.25, -0.2) is 9.42 Å². The average Bonchev–Trinajstić information content (AvgIpc) is 3.01. The molecule has 24 heavy (non-hydrogen) atoms. The molecule has 2 aromatic carbocycles. The molecule has 1 aliphatic rings. The minimum atomic E-state index is -2.36. The fraction of sp³-hybridized carbons (Fsp3) is 0.176.